The zero-order valence-electron chi connectivity index (χ0n) is 15.7. The first kappa shape index (κ1) is 18.7. The van der Waals surface area contributed by atoms with Crippen molar-refractivity contribution in [3.8, 4) is 0 Å². The van der Waals surface area contributed by atoms with Gasteiger partial charge in [0, 0.05) is 55.4 Å². The van der Waals surface area contributed by atoms with Crippen LogP contribution in [0.4, 0.5) is 0 Å². The van der Waals surface area contributed by atoms with Crippen molar-refractivity contribution in [1.82, 2.24) is 14.8 Å². The molecule has 0 saturated carbocycles. The molecule has 1 aliphatic heterocycles. The lowest BCUT2D eigenvalue weighted by molar-refractivity contribution is 0.0627. The van der Waals surface area contributed by atoms with Crippen LogP contribution in [0, 0.1) is 6.92 Å². The second-order valence-electron chi connectivity index (χ2n) is 7.26. The lowest BCUT2D eigenvalue weighted by Gasteiger charge is -2.34. The van der Waals surface area contributed by atoms with Gasteiger partial charge in [0.1, 0.15) is 0 Å². The highest BCUT2D eigenvalue weighted by Gasteiger charge is 2.22. The summed E-state index contributed by atoms with van der Waals surface area (Å²) in [7, 11) is 0. The molecule has 1 aromatic heterocycles. The van der Waals surface area contributed by atoms with Gasteiger partial charge in [0.05, 0.1) is 10.5 Å². The molecule has 0 bridgehead atoms. The predicted octanol–water partition coefficient (Wildman–Crippen LogP) is 3.45. The zero-order chi connectivity index (χ0) is 19.7. The minimum absolute atomic E-state index is 0.0283. The number of hydrogen-bond acceptors (Lipinski definition) is 3. The molecule has 1 aliphatic rings. The molecule has 1 fully saturated rings. The third kappa shape index (κ3) is 3.81. The fourth-order valence-electron chi connectivity index (χ4n) is 3.60. The minimum Gasteiger partial charge on any atom is -0.356 e. The maximum absolute atomic E-state index is 12.6. The fourth-order valence-corrected chi connectivity index (χ4v) is 3.82. The molecule has 28 heavy (non-hydrogen) atoms. The van der Waals surface area contributed by atoms with Crippen molar-refractivity contribution in [3.63, 3.8) is 0 Å². The van der Waals surface area contributed by atoms with Crippen LogP contribution in [0.1, 0.15) is 21.6 Å². The summed E-state index contributed by atoms with van der Waals surface area (Å²) in [5.41, 5.74) is 3.36. The Hall–Kier alpha value is -2.63. The molecule has 5 nitrogen and oxygen atoms in total. The van der Waals surface area contributed by atoms with Crippen LogP contribution in [0.15, 0.2) is 53.3 Å². The molecule has 3 aromatic rings. The van der Waals surface area contributed by atoms with Crippen LogP contribution in [-0.2, 0) is 6.54 Å². The summed E-state index contributed by atoms with van der Waals surface area (Å²) in [5.74, 6) is 0.0746. The van der Waals surface area contributed by atoms with Gasteiger partial charge in [0.25, 0.3) is 5.91 Å². The number of pyridine rings is 1. The van der Waals surface area contributed by atoms with Gasteiger partial charge in [-0.25, -0.2) is 0 Å². The summed E-state index contributed by atoms with van der Waals surface area (Å²) in [6.45, 7) is 5.51. The average Bonchev–Trinajstić information content (AvgIpc) is 2.70. The number of nitrogens with one attached hydrogen (secondary N) is 1. The van der Waals surface area contributed by atoms with Gasteiger partial charge in [-0.05, 0) is 31.2 Å². The van der Waals surface area contributed by atoms with Crippen molar-refractivity contribution in [2.75, 3.05) is 26.2 Å². The largest absolute Gasteiger partial charge is 0.356 e. The Morgan fingerprint density at radius 3 is 2.50 bits per heavy atom. The third-order valence-corrected chi connectivity index (χ3v) is 5.54. The molecule has 2 aromatic carbocycles. The van der Waals surface area contributed by atoms with Crippen molar-refractivity contribution in [2.45, 2.75) is 13.5 Å². The van der Waals surface area contributed by atoms with E-state index in [1.54, 1.807) is 24.3 Å². The van der Waals surface area contributed by atoms with E-state index < -0.39 is 0 Å². The molecule has 6 heteroatoms. The van der Waals surface area contributed by atoms with E-state index in [1.165, 1.54) is 0 Å². The zero-order valence-corrected chi connectivity index (χ0v) is 16.5. The first-order valence-corrected chi connectivity index (χ1v) is 9.78. The first-order chi connectivity index (χ1) is 13.5. The van der Waals surface area contributed by atoms with E-state index >= 15 is 0 Å². The van der Waals surface area contributed by atoms with E-state index in [9.17, 15) is 9.59 Å². The van der Waals surface area contributed by atoms with Gasteiger partial charge in [0.15, 0.2) is 5.43 Å². The van der Waals surface area contributed by atoms with Crippen LogP contribution in [0.5, 0.6) is 0 Å². The number of fused-ring (bicyclic) bond motifs is 1. The number of aryl methyl sites for hydroxylation is 1. The van der Waals surface area contributed by atoms with E-state index in [0.717, 1.165) is 29.9 Å². The quantitative estimate of drug-likeness (QED) is 0.739. The Bertz CT molecular complexity index is 1070. The molecule has 2 heterocycles. The molecule has 144 valence electrons. The number of carbonyl (C=O) groups is 1. The predicted molar refractivity (Wildman–Crippen MR) is 112 cm³/mol. The van der Waals surface area contributed by atoms with Gasteiger partial charge in [-0.2, -0.15) is 0 Å². The maximum Gasteiger partial charge on any atom is 0.253 e. The van der Waals surface area contributed by atoms with Crippen LogP contribution < -0.4 is 5.43 Å². The topological polar surface area (TPSA) is 56.4 Å². The van der Waals surface area contributed by atoms with Gasteiger partial charge in [-0.1, -0.05) is 35.4 Å². The summed E-state index contributed by atoms with van der Waals surface area (Å²) >= 11 is 6.24. The molecular weight excluding hydrogens is 374 g/mol. The minimum atomic E-state index is -0.0283. The van der Waals surface area contributed by atoms with Crippen molar-refractivity contribution in [1.29, 1.82) is 0 Å². The number of para-hydroxylation sites is 1. The number of hydrogen-bond donors (Lipinski definition) is 1. The summed E-state index contributed by atoms with van der Waals surface area (Å²) < 4.78 is 0. The number of aromatic nitrogens is 1. The van der Waals surface area contributed by atoms with Crippen LogP contribution in [-0.4, -0.2) is 46.9 Å². The van der Waals surface area contributed by atoms with Gasteiger partial charge in [-0.3, -0.25) is 14.5 Å². The van der Waals surface area contributed by atoms with Gasteiger partial charge in [0.2, 0.25) is 0 Å². The Balaban J connectivity index is 1.43. The molecule has 0 unspecified atom stereocenters. The van der Waals surface area contributed by atoms with Crippen molar-refractivity contribution in [3.05, 3.63) is 80.6 Å². The van der Waals surface area contributed by atoms with E-state index in [0.29, 0.717) is 35.6 Å². The Morgan fingerprint density at radius 2 is 1.79 bits per heavy atom. The maximum atomic E-state index is 12.6. The van der Waals surface area contributed by atoms with E-state index in [4.69, 9.17) is 11.6 Å². The monoisotopic (exact) mass is 395 g/mol. The van der Waals surface area contributed by atoms with Crippen LogP contribution in [0.2, 0.25) is 5.02 Å². The molecular formula is C22H22ClN3O2. The lowest BCUT2D eigenvalue weighted by atomic mass is 10.1. The number of halogens is 1. The second kappa shape index (κ2) is 7.78. The number of nitrogens with zero attached hydrogens (tertiary/aromatic N) is 2. The molecule has 0 atom stereocenters. The van der Waals surface area contributed by atoms with E-state index in [-0.39, 0.29) is 11.3 Å². The number of amides is 1. The number of piperazine rings is 1. The first-order valence-electron chi connectivity index (χ1n) is 9.40. The molecule has 0 spiro atoms. The number of H-pyrrole nitrogens is 1. The number of rotatable bonds is 3. The fraction of sp³-hybridized carbons (Fsp3) is 0.273. The summed E-state index contributed by atoms with van der Waals surface area (Å²) in [6, 6.07) is 14.7. The standard InChI is InChI=1S/C22H22ClN3O2/c1-15-5-7-16(8-6-15)22(28)26-11-9-25(10-12-26)14-17-13-20(27)18-3-2-4-19(23)21(18)24-17/h2-8,13H,9-12,14H2,1H3,(H,24,27). The number of aromatic amines is 1. The van der Waals surface area contributed by atoms with E-state index in [2.05, 4.69) is 9.88 Å². The average molecular weight is 396 g/mol. The third-order valence-electron chi connectivity index (χ3n) is 5.22. The molecule has 4 rings (SSSR count). The Morgan fingerprint density at radius 1 is 1.07 bits per heavy atom. The number of benzene rings is 2. The second-order valence-corrected chi connectivity index (χ2v) is 7.66. The van der Waals surface area contributed by atoms with Crippen LogP contribution in [0.3, 0.4) is 0 Å². The van der Waals surface area contributed by atoms with Gasteiger partial charge in [-0.15, -0.1) is 0 Å². The Kier molecular flexibility index (Phi) is 5.20. The lowest BCUT2D eigenvalue weighted by Crippen LogP contribution is -2.48. The van der Waals surface area contributed by atoms with Crippen molar-refractivity contribution in [2.24, 2.45) is 0 Å². The highest BCUT2D eigenvalue weighted by molar-refractivity contribution is 6.35. The smallest absolute Gasteiger partial charge is 0.253 e. The Labute approximate surface area is 168 Å². The molecule has 0 radical (unpaired) electrons. The molecule has 0 aliphatic carbocycles. The van der Waals surface area contributed by atoms with Crippen molar-refractivity contribution < 1.29 is 4.79 Å². The SMILES string of the molecule is Cc1ccc(C(=O)N2CCN(Cc3cc(=O)c4cccc(Cl)c4[nH]3)CC2)cc1. The highest BCUT2D eigenvalue weighted by atomic mass is 35.5. The normalized spacial score (nSPS) is 15.1. The van der Waals surface area contributed by atoms with Crippen LogP contribution >= 0.6 is 11.6 Å². The van der Waals surface area contributed by atoms with Gasteiger partial charge >= 0.3 is 0 Å². The van der Waals surface area contributed by atoms with E-state index in [1.807, 2.05) is 36.1 Å². The highest BCUT2D eigenvalue weighted by Crippen LogP contribution is 2.20. The van der Waals surface area contributed by atoms with Crippen molar-refractivity contribution >= 4 is 28.4 Å². The van der Waals surface area contributed by atoms with Crippen LogP contribution in [0.25, 0.3) is 10.9 Å². The molecule has 1 saturated heterocycles. The molecule has 1 amide bonds. The molecule has 1 N–H and O–H groups in total. The summed E-state index contributed by atoms with van der Waals surface area (Å²) in [4.78, 5) is 32.4. The number of carbonyl (C=O) groups excluding carboxylic acids is 1. The van der Waals surface area contributed by atoms with Gasteiger partial charge < -0.3 is 9.88 Å². The summed E-state index contributed by atoms with van der Waals surface area (Å²) in [6.07, 6.45) is 0. The summed E-state index contributed by atoms with van der Waals surface area (Å²) in [5, 5.41) is 1.15.